The van der Waals surface area contributed by atoms with Gasteiger partial charge >= 0.3 is 0 Å². The van der Waals surface area contributed by atoms with E-state index < -0.39 is 5.82 Å². The second kappa shape index (κ2) is 6.49. The highest BCUT2D eigenvalue weighted by molar-refractivity contribution is 5.98. The van der Waals surface area contributed by atoms with Crippen LogP contribution in [-0.4, -0.2) is 51.5 Å². The molecule has 0 bridgehead atoms. The zero-order valence-corrected chi connectivity index (χ0v) is 14.1. The van der Waals surface area contributed by atoms with Gasteiger partial charge in [-0.2, -0.15) is 15.0 Å². The molecule has 128 valence electrons. The molecule has 2 aromatic rings. The summed E-state index contributed by atoms with van der Waals surface area (Å²) >= 11 is 0. The number of nitrogens with zero attached hydrogens (tertiary/aromatic N) is 4. The number of hydrogen-bond donors (Lipinski definition) is 1. The molecular weight excluding hydrogens is 333 g/mol. The molecule has 1 N–H and O–H groups in total. The van der Waals surface area contributed by atoms with E-state index in [4.69, 9.17) is 0 Å². The molecule has 2 atom stereocenters. The van der Waals surface area contributed by atoms with Crippen LogP contribution < -0.4 is 5.32 Å². The van der Waals surface area contributed by atoms with Gasteiger partial charge in [-0.15, -0.1) is 12.4 Å². The van der Waals surface area contributed by atoms with Gasteiger partial charge in [0.2, 0.25) is 0 Å². The summed E-state index contributed by atoms with van der Waals surface area (Å²) in [6.07, 6.45) is 3.98. The summed E-state index contributed by atoms with van der Waals surface area (Å²) in [5.41, 5.74) is 0.881. The molecule has 2 aliphatic rings. The molecule has 0 spiro atoms. The highest BCUT2D eigenvalue weighted by atomic mass is 35.5. The van der Waals surface area contributed by atoms with E-state index in [0.717, 1.165) is 13.0 Å². The topological polar surface area (TPSA) is 63.1 Å². The molecular formula is C16H19ClFN5O. The summed E-state index contributed by atoms with van der Waals surface area (Å²) < 4.78 is 14.7. The number of aromatic nitrogens is 3. The van der Waals surface area contributed by atoms with E-state index >= 15 is 0 Å². The fraction of sp³-hybridized carbons (Fsp3) is 0.438. The highest BCUT2D eigenvalue weighted by Crippen LogP contribution is 2.27. The van der Waals surface area contributed by atoms with Gasteiger partial charge in [-0.3, -0.25) is 4.79 Å². The third-order valence-corrected chi connectivity index (χ3v) is 4.85. The molecule has 1 unspecified atom stereocenters. The predicted octanol–water partition coefficient (Wildman–Crippen LogP) is 1.57. The average molecular weight is 352 g/mol. The van der Waals surface area contributed by atoms with Gasteiger partial charge in [-0.1, -0.05) is 6.07 Å². The van der Waals surface area contributed by atoms with E-state index in [1.807, 2.05) is 0 Å². The van der Waals surface area contributed by atoms with Crippen molar-refractivity contribution in [1.29, 1.82) is 0 Å². The van der Waals surface area contributed by atoms with Crippen molar-refractivity contribution in [3.05, 3.63) is 41.5 Å². The SMILES string of the molecule is Cc1ccc(-n2nccn2)c(C(=O)N2CC[C@H]3CNC3C2)c1F.Cl. The minimum absolute atomic E-state index is 0. The Morgan fingerprint density at radius 2 is 2.08 bits per heavy atom. The predicted molar refractivity (Wildman–Crippen MR) is 89.1 cm³/mol. The van der Waals surface area contributed by atoms with Crippen molar-refractivity contribution in [2.75, 3.05) is 19.6 Å². The van der Waals surface area contributed by atoms with Crippen LogP contribution in [0.4, 0.5) is 4.39 Å². The van der Waals surface area contributed by atoms with Gasteiger partial charge < -0.3 is 10.2 Å². The normalized spacial score (nSPS) is 22.3. The van der Waals surface area contributed by atoms with Crippen LogP contribution in [-0.2, 0) is 0 Å². The molecule has 0 aliphatic carbocycles. The third kappa shape index (κ3) is 2.67. The maximum Gasteiger partial charge on any atom is 0.259 e. The summed E-state index contributed by atoms with van der Waals surface area (Å²) in [5, 5.41) is 11.4. The molecule has 3 heterocycles. The maximum atomic E-state index is 14.7. The summed E-state index contributed by atoms with van der Waals surface area (Å²) in [6, 6.07) is 3.68. The number of aryl methyl sites for hydroxylation is 1. The van der Waals surface area contributed by atoms with Crippen molar-refractivity contribution < 1.29 is 9.18 Å². The summed E-state index contributed by atoms with van der Waals surface area (Å²) in [7, 11) is 0. The lowest BCUT2D eigenvalue weighted by Crippen LogP contribution is -2.62. The first-order valence-electron chi connectivity index (χ1n) is 7.83. The number of hydrogen-bond acceptors (Lipinski definition) is 4. The Bertz CT molecular complexity index is 751. The number of carbonyl (C=O) groups excluding carboxylic acids is 1. The van der Waals surface area contributed by atoms with Gasteiger partial charge in [-0.05, 0) is 37.4 Å². The van der Waals surface area contributed by atoms with Crippen LogP contribution in [0.2, 0.25) is 0 Å². The molecule has 2 fully saturated rings. The van der Waals surface area contributed by atoms with Crippen LogP contribution in [0.5, 0.6) is 0 Å². The van der Waals surface area contributed by atoms with Gasteiger partial charge in [0.05, 0.1) is 12.4 Å². The van der Waals surface area contributed by atoms with Gasteiger partial charge in [-0.25, -0.2) is 4.39 Å². The largest absolute Gasteiger partial charge is 0.337 e. The first-order valence-corrected chi connectivity index (χ1v) is 7.83. The van der Waals surface area contributed by atoms with E-state index in [1.54, 1.807) is 24.0 Å². The van der Waals surface area contributed by atoms with Crippen LogP contribution in [0.25, 0.3) is 5.69 Å². The molecule has 4 rings (SSSR count). The number of rotatable bonds is 2. The molecule has 6 nitrogen and oxygen atoms in total. The molecule has 1 amide bonds. The summed E-state index contributed by atoms with van der Waals surface area (Å²) in [4.78, 5) is 16.0. The summed E-state index contributed by atoms with van der Waals surface area (Å²) in [5.74, 6) is -0.132. The molecule has 2 saturated heterocycles. The second-order valence-corrected chi connectivity index (χ2v) is 6.22. The lowest BCUT2D eigenvalue weighted by molar-refractivity contribution is 0.0514. The third-order valence-electron chi connectivity index (χ3n) is 4.85. The minimum atomic E-state index is -0.492. The van der Waals surface area contributed by atoms with Gasteiger partial charge in [0.1, 0.15) is 17.1 Å². The molecule has 0 radical (unpaired) electrons. The van der Waals surface area contributed by atoms with Crippen LogP contribution in [0.1, 0.15) is 22.3 Å². The number of likely N-dealkylation sites (tertiary alicyclic amines) is 1. The zero-order valence-electron chi connectivity index (χ0n) is 13.3. The number of carbonyl (C=O) groups is 1. The fourth-order valence-electron chi connectivity index (χ4n) is 3.34. The van der Waals surface area contributed by atoms with Crippen molar-refractivity contribution in [3.8, 4) is 5.69 Å². The number of halogens is 2. The first kappa shape index (κ1) is 16.9. The second-order valence-electron chi connectivity index (χ2n) is 6.22. The van der Waals surface area contributed by atoms with Crippen LogP contribution in [0, 0.1) is 18.7 Å². The van der Waals surface area contributed by atoms with Crippen LogP contribution in [0.15, 0.2) is 24.5 Å². The Morgan fingerprint density at radius 1 is 1.33 bits per heavy atom. The van der Waals surface area contributed by atoms with Crippen molar-refractivity contribution >= 4 is 18.3 Å². The van der Waals surface area contributed by atoms with E-state index in [0.29, 0.717) is 36.3 Å². The Labute approximate surface area is 145 Å². The monoisotopic (exact) mass is 351 g/mol. The highest BCUT2D eigenvalue weighted by Gasteiger charge is 2.38. The smallest absolute Gasteiger partial charge is 0.259 e. The number of piperidine rings is 1. The van der Waals surface area contributed by atoms with Gasteiger partial charge in [0, 0.05) is 19.1 Å². The van der Waals surface area contributed by atoms with Crippen LogP contribution >= 0.6 is 12.4 Å². The van der Waals surface area contributed by atoms with Crippen molar-refractivity contribution in [2.45, 2.75) is 19.4 Å². The van der Waals surface area contributed by atoms with Crippen molar-refractivity contribution in [1.82, 2.24) is 25.2 Å². The number of nitrogens with one attached hydrogen (secondary N) is 1. The lowest BCUT2D eigenvalue weighted by Gasteiger charge is -2.46. The Balaban J connectivity index is 0.00000169. The van der Waals surface area contributed by atoms with Crippen LogP contribution in [0.3, 0.4) is 0 Å². The van der Waals surface area contributed by atoms with E-state index in [2.05, 4.69) is 15.5 Å². The number of benzene rings is 1. The molecule has 1 aromatic carbocycles. The number of fused-ring (bicyclic) bond motifs is 1. The standard InChI is InChI=1S/C16H18FN5O.ClH/c1-10-2-3-13(22-19-5-6-20-22)14(15(10)17)16(23)21-7-4-11-8-18-12(11)9-21;/h2-3,5-6,11-12,18H,4,7-9H2,1H3;1H/t11-,12?;/m0./s1. The van der Waals surface area contributed by atoms with E-state index in [1.165, 1.54) is 17.2 Å². The van der Waals surface area contributed by atoms with Crippen molar-refractivity contribution in [2.24, 2.45) is 5.92 Å². The fourth-order valence-corrected chi connectivity index (χ4v) is 3.34. The Morgan fingerprint density at radius 3 is 2.71 bits per heavy atom. The molecule has 2 aliphatic heterocycles. The van der Waals surface area contributed by atoms with E-state index in [9.17, 15) is 9.18 Å². The van der Waals surface area contributed by atoms with Crippen molar-refractivity contribution in [3.63, 3.8) is 0 Å². The quantitative estimate of drug-likeness (QED) is 0.892. The first-order chi connectivity index (χ1) is 11.1. The summed E-state index contributed by atoms with van der Waals surface area (Å²) in [6.45, 7) is 3.98. The molecule has 8 heteroatoms. The lowest BCUT2D eigenvalue weighted by atomic mass is 9.84. The Kier molecular flexibility index (Phi) is 4.56. The maximum absolute atomic E-state index is 14.7. The molecule has 1 aromatic heterocycles. The van der Waals surface area contributed by atoms with E-state index in [-0.39, 0.29) is 23.9 Å². The molecule has 24 heavy (non-hydrogen) atoms. The zero-order chi connectivity index (χ0) is 16.0. The molecule has 0 saturated carbocycles. The average Bonchev–Trinajstić information content (AvgIpc) is 3.04. The van der Waals surface area contributed by atoms with Gasteiger partial charge in [0.15, 0.2) is 0 Å². The van der Waals surface area contributed by atoms with Gasteiger partial charge in [0.25, 0.3) is 5.91 Å². The Hall–Kier alpha value is -1.99. The number of amides is 1. The minimum Gasteiger partial charge on any atom is -0.337 e.